The summed E-state index contributed by atoms with van der Waals surface area (Å²) >= 11 is 7.09. The van der Waals surface area contributed by atoms with E-state index in [0.717, 1.165) is 8.95 Å². The van der Waals surface area contributed by atoms with Crippen LogP contribution in [0.5, 0.6) is 0 Å². The molecule has 21 heavy (non-hydrogen) atoms. The zero-order valence-corrected chi connectivity index (χ0v) is 15.6. The third-order valence-corrected chi connectivity index (χ3v) is 4.65. The van der Waals surface area contributed by atoms with E-state index in [1.165, 1.54) is 16.7 Å². The number of nitrogens with zero attached hydrogens (tertiary/aromatic N) is 1. The normalized spacial score (nSPS) is 13.0. The number of aliphatic imine (C=N–C) groups is 1. The molecule has 0 aliphatic carbocycles. The van der Waals surface area contributed by atoms with Gasteiger partial charge in [0.2, 0.25) is 0 Å². The highest BCUT2D eigenvalue weighted by Crippen LogP contribution is 2.29. The fourth-order valence-corrected chi connectivity index (χ4v) is 3.65. The topological polar surface area (TPSA) is 12.4 Å². The Balaban J connectivity index is 2.25. The van der Waals surface area contributed by atoms with Crippen LogP contribution in [0.4, 0.5) is 0 Å². The molecule has 0 saturated carbocycles. The molecule has 0 aliphatic heterocycles. The maximum atomic E-state index is 4.73. The Hall–Kier alpha value is -0.930. The Bertz CT molecular complexity index is 647. The minimum Gasteiger partial charge on any atom is -0.285 e. The molecular weight excluding hydrogens is 390 g/mol. The van der Waals surface area contributed by atoms with Gasteiger partial charge in [0.25, 0.3) is 0 Å². The molecule has 1 atom stereocenters. The molecule has 0 heterocycles. The molecule has 2 aromatic rings. The average molecular weight is 409 g/mol. The van der Waals surface area contributed by atoms with E-state index in [-0.39, 0.29) is 6.04 Å². The first-order valence-corrected chi connectivity index (χ1v) is 8.64. The monoisotopic (exact) mass is 407 g/mol. The first-order chi connectivity index (χ1) is 9.99. The summed E-state index contributed by atoms with van der Waals surface area (Å²) in [6, 6.07) is 14.8. The Morgan fingerprint density at radius 3 is 2.33 bits per heavy atom. The molecule has 0 N–H and O–H groups in total. The minimum absolute atomic E-state index is 0.118. The zero-order valence-electron chi connectivity index (χ0n) is 12.5. The van der Waals surface area contributed by atoms with Gasteiger partial charge >= 0.3 is 0 Å². The van der Waals surface area contributed by atoms with Crippen LogP contribution in [0.1, 0.15) is 49.4 Å². The van der Waals surface area contributed by atoms with Gasteiger partial charge in [-0.3, -0.25) is 4.99 Å². The number of rotatable bonds is 4. The van der Waals surface area contributed by atoms with Gasteiger partial charge in [-0.1, -0.05) is 76.0 Å². The van der Waals surface area contributed by atoms with Crippen LogP contribution >= 0.6 is 31.9 Å². The molecule has 110 valence electrons. The lowest BCUT2D eigenvalue weighted by molar-refractivity contribution is 0.817. The van der Waals surface area contributed by atoms with Crippen LogP contribution in [0.3, 0.4) is 0 Å². The lowest BCUT2D eigenvalue weighted by Crippen LogP contribution is -1.97. The van der Waals surface area contributed by atoms with Crippen molar-refractivity contribution in [2.75, 3.05) is 0 Å². The van der Waals surface area contributed by atoms with E-state index in [9.17, 15) is 0 Å². The predicted octanol–water partition coefficient (Wildman–Crippen LogP) is 6.52. The second kappa shape index (κ2) is 7.37. The first-order valence-electron chi connectivity index (χ1n) is 7.06. The van der Waals surface area contributed by atoms with Crippen molar-refractivity contribution in [3.8, 4) is 0 Å². The van der Waals surface area contributed by atoms with Gasteiger partial charge in [-0.05, 0) is 41.7 Å². The lowest BCUT2D eigenvalue weighted by atomic mass is 9.98. The maximum absolute atomic E-state index is 4.73. The first kappa shape index (κ1) is 16.4. The zero-order chi connectivity index (χ0) is 15.4. The van der Waals surface area contributed by atoms with Crippen molar-refractivity contribution >= 4 is 38.1 Å². The largest absolute Gasteiger partial charge is 0.285 e. The summed E-state index contributed by atoms with van der Waals surface area (Å²) in [5.41, 5.74) is 3.73. The predicted molar refractivity (Wildman–Crippen MR) is 98.4 cm³/mol. The van der Waals surface area contributed by atoms with Crippen LogP contribution in [0, 0.1) is 0 Å². The third kappa shape index (κ3) is 4.27. The molecule has 0 aliphatic rings. The third-order valence-electron chi connectivity index (χ3n) is 3.47. The second-order valence-corrected chi connectivity index (χ2v) is 7.17. The number of hydrogen-bond donors (Lipinski definition) is 0. The van der Waals surface area contributed by atoms with Crippen LogP contribution in [0.15, 0.2) is 56.4 Å². The molecule has 1 unspecified atom stereocenters. The highest BCUT2D eigenvalue weighted by Gasteiger charge is 2.08. The molecular formula is C18H19Br2N. The SMILES string of the molecule is CC(C)c1ccccc1C=NC(C)c1ccc(Br)cc1Br. The van der Waals surface area contributed by atoms with E-state index in [4.69, 9.17) is 4.99 Å². The summed E-state index contributed by atoms with van der Waals surface area (Å²) in [7, 11) is 0. The molecule has 0 spiro atoms. The molecule has 0 bridgehead atoms. The van der Waals surface area contributed by atoms with Gasteiger partial charge < -0.3 is 0 Å². The summed E-state index contributed by atoms with van der Waals surface area (Å²) in [6.07, 6.45) is 1.99. The molecule has 0 aromatic heterocycles. The summed E-state index contributed by atoms with van der Waals surface area (Å²) in [5.74, 6) is 0.502. The number of hydrogen-bond acceptors (Lipinski definition) is 1. The van der Waals surface area contributed by atoms with Gasteiger partial charge in [0.15, 0.2) is 0 Å². The van der Waals surface area contributed by atoms with Crippen LogP contribution in [-0.2, 0) is 0 Å². The Morgan fingerprint density at radius 2 is 1.67 bits per heavy atom. The quantitative estimate of drug-likeness (QED) is 0.511. The Labute approximate surface area is 143 Å². The van der Waals surface area contributed by atoms with E-state index >= 15 is 0 Å². The molecule has 2 aromatic carbocycles. The van der Waals surface area contributed by atoms with Crippen LogP contribution in [0.2, 0.25) is 0 Å². The average Bonchev–Trinajstić information content (AvgIpc) is 2.45. The van der Waals surface area contributed by atoms with Crippen molar-refractivity contribution in [1.82, 2.24) is 0 Å². The highest BCUT2D eigenvalue weighted by atomic mass is 79.9. The molecule has 1 nitrogen and oxygen atoms in total. The minimum atomic E-state index is 0.118. The van der Waals surface area contributed by atoms with Crippen LogP contribution in [-0.4, -0.2) is 6.21 Å². The number of halogens is 2. The standard InChI is InChI=1S/C18H19Br2N/c1-12(2)16-7-5-4-6-14(16)11-21-13(3)17-9-8-15(19)10-18(17)20/h4-13H,1-3H3. The summed E-state index contributed by atoms with van der Waals surface area (Å²) in [4.78, 5) is 4.73. The van der Waals surface area contributed by atoms with Crippen molar-refractivity contribution in [3.63, 3.8) is 0 Å². The van der Waals surface area contributed by atoms with Crippen molar-refractivity contribution < 1.29 is 0 Å². The van der Waals surface area contributed by atoms with Gasteiger partial charge in [0.1, 0.15) is 0 Å². The van der Waals surface area contributed by atoms with Gasteiger partial charge in [-0.25, -0.2) is 0 Å². The molecule has 2 rings (SSSR count). The van der Waals surface area contributed by atoms with Gasteiger partial charge in [-0.2, -0.15) is 0 Å². The van der Waals surface area contributed by atoms with Crippen molar-refractivity contribution in [2.45, 2.75) is 32.7 Å². The Morgan fingerprint density at radius 1 is 0.952 bits per heavy atom. The summed E-state index contributed by atoms with van der Waals surface area (Å²) in [5, 5.41) is 0. The smallest absolute Gasteiger partial charge is 0.0731 e. The molecule has 0 saturated heterocycles. The Kier molecular flexibility index (Phi) is 5.77. The fraction of sp³-hybridized carbons (Fsp3) is 0.278. The van der Waals surface area contributed by atoms with Crippen molar-refractivity contribution in [3.05, 3.63) is 68.1 Å². The van der Waals surface area contributed by atoms with E-state index < -0.39 is 0 Å². The molecule has 0 fully saturated rings. The van der Waals surface area contributed by atoms with Crippen molar-refractivity contribution in [1.29, 1.82) is 0 Å². The van der Waals surface area contributed by atoms with Gasteiger partial charge in [0.05, 0.1) is 6.04 Å². The fourth-order valence-electron chi connectivity index (χ4n) is 2.27. The molecule has 3 heteroatoms. The van der Waals surface area contributed by atoms with E-state index in [2.05, 4.69) is 89.0 Å². The van der Waals surface area contributed by atoms with Crippen molar-refractivity contribution in [2.24, 2.45) is 4.99 Å². The van der Waals surface area contributed by atoms with Gasteiger partial charge in [-0.15, -0.1) is 0 Å². The summed E-state index contributed by atoms with van der Waals surface area (Å²) in [6.45, 7) is 6.53. The maximum Gasteiger partial charge on any atom is 0.0731 e. The second-order valence-electron chi connectivity index (χ2n) is 5.40. The van der Waals surface area contributed by atoms with Gasteiger partial charge in [0, 0.05) is 15.2 Å². The molecule has 0 amide bonds. The number of benzene rings is 2. The molecule has 0 radical (unpaired) electrons. The summed E-state index contributed by atoms with van der Waals surface area (Å²) < 4.78 is 2.15. The van der Waals surface area contributed by atoms with Crippen LogP contribution in [0.25, 0.3) is 0 Å². The highest BCUT2D eigenvalue weighted by molar-refractivity contribution is 9.11. The van der Waals surface area contributed by atoms with Crippen LogP contribution < -0.4 is 0 Å². The van der Waals surface area contributed by atoms with E-state index in [1.807, 2.05) is 12.3 Å². The van der Waals surface area contributed by atoms with E-state index in [0.29, 0.717) is 5.92 Å². The van der Waals surface area contributed by atoms with E-state index in [1.54, 1.807) is 0 Å². The lowest BCUT2D eigenvalue weighted by Gasteiger charge is -2.12.